The van der Waals surface area contributed by atoms with Crippen molar-refractivity contribution in [1.82, 2.24) is 15.2 Å². The molecule has 0 atom stereocenters. The minimum atomic E-state index is -0.511. The Hall–Kier alpha value is -1.89. The van der Waals surface area contributed by atoms with E-state index in [1.165, 1.54) is 0 Å². The smallest absolute Gasteiger partial charge is 0.410 e. The normalized spacial score (nSPS) is 14.7. The number of hydrogen-bond acceptors (Lipinski definition) is 5. The van der Waals surface area contributed by atoms with E-state index >= 15 is 0 Å². The first-order valence-electron chi connectivity index (χ1n) is 8.76. The van der Waals surface area contributed by atoms with Crippen molar-refractivity contribution in [2.75, 3.05) is 13.1 Å². The van der Waals surface area contributed by atoms with Gasteiger partial charge in [-0.25, -0.2) is 9.78 Å². The molecule has 0 aromatic carbocycles. The first kappa shape index (κ1) is 20.4. The van der Waals surface area contributed by atoms with E-state index in [1.807, 2.05) is 26.2 Å². The van der Waals surface area contributed by atoms with Crippen molar-refractivity contribution in [2.45, 2.75) is 66.0 Å². The van der Waals surface area contributed by atoms with Gasteiger partial charge >= 0.3 is 6.09 Å². The van der Waals surface area contributed by atoms with Crippen LogP contribution in [-0.4, -0.2) is 40.6 Å². The lowest BCUT2D eigenvalue weighted by Gasteiger charge is -2.36. The van der Waals surface area contributed by atoms with Gasteiger partial charge in [0.25, 0.3) is 0 Å². The molecule has 2 rings (SSSR count). The topological polar surface area (TPSA) is 71.5 Å². The van der Waals surface area contributed by atoms with Crippen molar-refractivity contribution in [3.05, 3.63) is 27.2 Å². The van der Waals surface area contributed by atoms with Crippen molar-refractivity contribution < 1.29 is 14.3 Å². The molecule has 1 fully saturated rings. The molecule has 0 aliphatic carbocycles. The summed E-state index contributed by atoms with van der Waals surface area (Å²) >= 11 is 1.56. The van der Waals surface area contributed by atoms with Gasteiger partial charge in [-0.05, 0) is 33.3 Å². The fourth-order valence-corrected chi connectivity index (χ4v) is 3.25. The lowest BCUT2D eigenvalue weighted by Crippen LogP contribution is -2.48. The lowest BCUT2D eigenvalue weighted by molar-refractivity contribution is -0.117. The summed E-state index contributed by atoms with van der Waals surface area (Å²) in [6.45, 7) is 15.0. The molecule has 1 saturated heterocycles. The van der Waals surface area contributed by atoms with Crippen LogP contribution in [-0.2, 0) is 21.5 Å². The molecule has 0 radical (unpaired) electrons. The third-order valence-electron chi connectivity index (χ3n) is 4.01. The second-order valence-corrected chi connectivity index (χ2v) is 9.57. The molecule has 0 unspecified atom stereocenters. The fourth-order valence-electron chi connectivity index (χ4n) is 2.29. The molecule has 0 spiro atoms. The molecule has 0 bridgehead atoms. The molecular formula is C19H29N3O3S. The number of rotatable bonds is 3. The highest BCUT2D eigenvalue weighted by Gasteiger charge is 2.31. The quantitative estimate of drug-likeness (QED) is 0.814. The highest BCUT2D eigenvalue weighted by molar-refractivity contribution is 7.09. The summed E-state index contributed by atoms with van der Waals surface area (Å²) in [5.41, 5.74) is 2.16. The van der Waals surface area contributed by atoms with Gasteiger partial charge < -0.3 is 15.0 Å². The summed E-state index contributed by atoms with van der Waals surface area (Å²) in [5, 5.41) is 5.84. The Balaban J connectivity index is 1.86. The van der Waals surface area contributed by atoms with E-state index in [9.17, 15) is 9.59 Å². The minimum absolute atomic E-state index is 0.00764. The Kier molecular flexibility index (Phi) is 5.80. The number of likely N-dealkylation sites (tertiary alicyclic amines) is 1. The van der Waals surface area contributed by atoms with E-state index in [2.05, 4.69) is 31.1 Å². The van der Waals surface area contributed by atoms with E-state index < -0.39 is 5.60 Å². The standard InChI is InChI=1S/C19H29N3O3S/c1-12(13-9-22(10-13)17(24)25-19(5,6)7)16(23)20-8-15-21-14(11-26-15)18(2,3)4/h11H,8-10H2,1-7H3,(H,20,23). The Morgan fingerprint density at radius 2 is 1.85 bits per heavy atom. The predicted octanol–water partition coefficient (Wildman–Crippen LogP) is 3.62. The monoisotopic (exact) mass is 379 g/mol. The summed E-state index contributed by atoms with van der Waals surface area (Å²) in [6.07, 6.45) is -0.341. The van der Waals surface area contributed by atoms with E-state index in [1.54, 1.807) is 23.2 Å². The van der Waals surface area contributed by atoms with E-state index in [4.69, 9.17) is 4.74 Å². The zero-order valence-corrected chi connectivity index (χ0v) is 17.5. The first-order chi connectivity index (χ1) is 11.9. The zero-order valence-electron chi connectivity index (χ0n) is 16.7. The summed E-state index contributed by atoms with van der Waals surface area (Å²) in [5.74, 6) is -0.114. The molecule has 144 valence electrons. The van der Waals surface area contributed by atoms with Crippen molar-refractivity contribution in [1.29, 1.82) is 0 Å². The number of carbonyl (C=O) groups excluding carboxylic acids is 2. The van der Waals surface area contributed by atoms with Crippen LogP contribution in [0.5, 0.6) is 0 Å². The zero-order chi connectivity index (χ0) is 19.7. The van der Waals surface area contributed by atoms with Gasteiger partial charge in [0.2, 0.25) is 5.91 Å². The van der Waals surface area contributed by atoms with Crippen LogP contribution in [0, 0.1) is 0 Å². The number of aromatic nitrogens is 1. The van der Waals surface area contributed by atoms with Crippen molar-refractivity contribution in [3.8, 4) is 0 Å². The van der Waals surface area contributed by atoms with Crippen LogP contribution in [0.2, 0.25) is 0 Å². The lowest BCUT2D eigenvalue weighted by atomic mass is 9.93. The number of nitrogens with zero attached hydrogens (tertiary/aromatic N) is 2. The number of amides is 2. The molecule has 1 aliphatic rings. The number of carbonyl (C=O) groups is 2. The van der Waals surface area contributed by atoms with E-state index in [-0.39, 0.29) is 17.4 Å². The van der Waals surface area contributed by atoms with Crippen LogP contribution in [0.3, 0.4) is 0 Å². The number of ether oxygens (including phenoxy) is 1. The van der Waals surface area contributed by atoms with Gasteiger partial charge in [0.05, 0.1) is 12.2 Å². The average Bonchev–Trinajstić information content (AvgIpc) is 2.89. The van der Waals surface area contributed by atoms with Crippen LogP contribution in [0.25, 0.3) is 0 Å². The van der Waals surface area contributed by atoms with Crippen molar-refractivity contribution in [3.63, 3.8) is 0 Å². The number of hydrogen-bond donors (Lipinski definition) is 1. The van der Waals surface area contributed by atoms with Crippen LogP contribution in [0.4, 0.5) is 4.79 Å². The molecular weight excluding hydrogens is 350 g/mol. The molecule has 0 saturated carbocycles. The highest BCUT2D eigenvalue weighted by Crippen LogP contribution is 2.24. The van der Waals surface area contributed by atoms with Crippen LogP contribution >= 0.6 is 11.3 Å². The largest absolute Gasteiger partial charge is 0.444 e. The second kappa shape index (κ2) is 7.39. The number of thiazole rings is 1. The minimum Gasteiger partial charge on any atom is -0.444 e. The van der Waals surface area contributed by atoms with Gasteiger partial charge in [0, 0.05) is 29.5 Å². The Bertz CT molecular complexity index is 715. The Morgan fingerprint density at radius 3 is 2.35 bits per heavy atom. The maximum atomic E-state index is 12.3. The Morgan fingerprint density at radius 1 is 1.23 bits per heavy atom. The van der Waals surface area contributed by atoms with Gasteiger partial charge in [-0.15, -0.1) is 11.3 Å². The summed E-state index contributed by atoms with van der Waals surface area (Å²) < 4.78 is 5.32. The fraction of sp³-hybridized carbons (Fsp3) is 0.632. The summed E-state index contributed by atoms with van der Waals surface area (Å²) in [7, 11) is 0. The molecule has 6 nitrogen and oxygen atoms in total. The maximum absolute atomic E-state index is 12.3. The maximum Gasteiger partial charge on any atom is 0.410 e. The first-order valence-corrected chi connectivity index (χ1v) is 9.64. The molecule has 2 heterocycles. The molecule has 26 heavy (non-hydrogen) atoms. The SMILES string of the molecule is CC(C(=O)NCc1nc(C(C)(C)C)cs1)=C1CN(C(=O)OC(C)(C)C)C1. The average molecular weight is 380 g/mol. The van der Waals surface area contributed by atoms with Crippen molar-refractivity contribution >= 4 is 23.3 Å². The summed E-state index contributed by atoms with van der Waals surface area (Å²) in [6, 6.07) is 0. The van der Waals surface area contributed by atoms with Crippen molar-refractivity contribution in [2.24, 2.45) is 0 Å². The van der Waals surface area contributed by atoms with Gasteiger partial charge in [-0.2, -0.15) is 0 Å². The highest BCUT2D eigenvalue weighted by atomic mass is 32.1. The molecule has 1 aliphatic heterocycles. The Labute approximate surface area is 159 Å². The molecule has 2 amide bonds. The van der Waals surface area contributed by atoms with Crippen LogP contribution in [0.15, 0.2) is 16.5 Å². The van der Waals surface area contributed by atoms with Crippen LogP contribution < -0.4 is 5.32 Å². The van der Waals surface area contributed by atoms with E-state index in [0.717, 1.165) is 16.3 Å². The molecule has 1 aromatic heterocycles. The second-order valence-electron chi connectivity index (χ2n) is 8.62. The number of nitrogens with one attached hydrogen (secondary N) is 1. The van der Waals surface area contributed by atoms with Crippen LogP contribution in [0.1, 0.15) is 59.2 Å². The third kappa shape index (κ3) is 5.30. The molecule has 1 aromatic rings. The summed E-state index contributed by atoms with van der Waals surface area (Å²) in [4.78, 5) is 30.4. The van der Waals surface area contributed by atoms with Gasteiger partial charge in [0.1, 0.15) is 10.6 Å². The van der Waals surface area contributed by atoms with E-state index in [0.29, 0.717) is 25.2 Å². The predicted molar refractivity (Wildman–Crippen MR) is 103 cm³/mol. The third-order valence-corrected chi connectivity index (χ3v) is 4.86. The van der Waals surface area contributed by atoms with Gasteiger partial charge in [0.15, 0.2) is 0 Å². The molecule has 1 N–H and O–H groups in total. The molecule has 7 heteroatoms. The van der Waals surface area contributed by atoms with Gasteiger partial charge in [-0.3, -0.25) is 4.79 Å². The van der Waals surface area contributed by atoms with Gasteiger partial charge in [-0.1, -0.05) is 20.8 Å².